The van der Waals surface area contributed by atoms with Gasteiger partial charge in [-0.3, -0.25) is 0 Å². The maximum atomic E-state index is 0. The first-order chi connectivity index (χ1) is 0. The van der Waals surface area contributed by atoms with E-state index in [4.69, 9.17) is 0 Å². The molecule has 4 radical (unpaired) electrons. The molecule has 0 nitrogen and oxygen atoms in total. The van der Waals surface area contributed by atoms with Gasteiger partial charge in [0.2, 0.25) is 0 Å². The van der Waals surface area contributed by atoms with Crippen LogP contribution in [0.25, 0.3) is 0 Å². The fraction of sp³-hybridized carbons (Fsp3) is 0. The molecule has 0 atom stereocenters. The molecular formula is AlCoCrNiW. The van der Waals surface area contributed by atoms with Gasteiger partial charge in [-0.2, -0.15) is 0 Å². The molecule has 0 aromatic rings. The Morgan fingerprint density at radius 2 is 1.00 bits per heavy atom. The molecule has 0 saturated carbocycles. The maximum absolute atomic E-state index is 0. The predicted molar refractivity (Wildman–Crippen MR) is 5.75 cm³/mol. The van der Waals surface area contributed by atoms with Crippen LogP contribution in [0.2, 0.25) is 0 Å². The molecule has 0 aliphatic rings. The van der Waals surface area contributed by atoms with Crippen LogP contribution in [0.15, 0.2) is 0 Å². The SMILES string of the molecule is [Al].[Co].[Cr].[Ni].[W]. The molecule has 34 valence electrons. The number of hydrogen-bond donors (Lipinski definition) is 0. The van der Waals surface area contributed by atoms with Gasteiger partial charge in [0, 0.05) is 89.1 Å². The van der Waals surface area contributed by atoms with Crippen molar-refractivity contribution in [2.24, 2.45) is 0 Å². The van der Waals surface area contributed by atoms with E-state index < -0.39 is 0 Å². The fourth-order valence-corrected chi connectivity index (χ4v) is 0. The summed E-state index contributed by atoms with van der Waals surface area (Å²) in [6, 6.07) is 0. The van der Waals surface area contributed by atoms with Crippen molar-refractivity contribution in [2.75, 3.05) is 0 Å². The summed E-state index contributed by atoms with van der Waals surface area (Å²) in [4.78, 5) is 0. The van der Waals surface area contributed by atoms with Crippen molar-refractivity contribution in [1.82, 2.24) is 0 Å². The Kier molecular flexibility index (Phi) is 275. The van der Waals surface area contributed by atoms with Gasteiger partial charge in [0.25, 0.3) is 0 Å². The van der Waals surface area contributed by atoms with E-state index in [-0.39, 0.29) is 89.1 Å². The summed E-state index contributed by atoms with van der Waals surface area (Å²) in [7, 11) is 0. The van der Waals surface area contributed by atoms with Gasteiger partial charge < -0.3 is 0 Å². The van der Waals surface area contributed by atoms with E-state index in [1.165, 1.54) is 0 Å². The molecule has 0 amide bonds. The van der Waals surface area contributed by atoms with Crippen LogP contribution in [-0.4, -0.2) is 17.4 Å². The van der Waals surface area contributed by atoms with Crippen molar-refractivity contribution in [2.45, 2.75) is 0 Å². The van der Waals surface area contributed by atoms with Gasteiger partial charge in [-0.1, -0.05) is 0 Å². The van der Waals surface area contributed by atoms with Gasteiger partial charge in [-0.05, 0) is 0 Å². The normalized spacial score (nSPS) is 0. The largest absolute Gasteiger partial charge is 0 e. The molecule has 5 heavy (non-hydrogen) atoms. The van der Waals surface area contributed by atoms with Crippen LogP contribution in [0, 0.1) is 0 Å². The second kappa shape index (κ2) is 29.5. The first-order valence-corrected chi connectivity index (χ1v) is 0. The van der Waals surface area contributed by atoms with Gasteiger partial charge >= 0.3 is 0 Å². The van der Waals surface area contributed by atoms with Crippen molar-refractivity contribution in [3.8, 4) is 0 Å². The Morgan fingerprint density at radius 1 is 1.00 bits per heavy atom. The van der Waals surface area contributed by atoms with Crippen LogP contribution in [0.4, 0.5) is 0 Å². The topological polar surface area (TPSA) is 0 Å². The molecule has 0 spiro atoms. The first-order valence-electron chi connectivity index (χ1n) is 0. The Bertz CT molecular complexity index is 11.6. The summed E-state index contributed by atoms with van der Waals surface area (Å²) < 4.78 is 0. The molecule has 0 N–H and O–H groups in total. The molecule has 5 heteroatoms. The van der Waals surface area contributed by atoms with Crippen molar-refractivity contribution in [3.63, 3.8) is 0 Å². The van der Waals surface area contributed by atoms with Crippen LogP contribution in [0.1, 0.15) is 0 Å². The van der Waals surface area contributed by atoms with E-state index in [9.17, 15) is 0 Å². The molecule has 0 unspecified atom stereocenters. The van der Waals surface area contributed by atoms with E-state index in [0.717, 1.165) is 0 Å². The summed E-state index contributed by atoms with van der Waals surface area (Å²) in [5.74, 6) is 0. The molecule has 0 fully saturated rings. The zero-order valence-corrected chi connectivity index (χ0v) is 9.44. The Morgan fingerprint density at radius 3 is 1.00 bits per heavy atom. The van der Waals surface area contributed by atoms with E-state index in [1.54, 1.807) is 0 Å². The molecule has 0 rings (SSSR count). The summed E-state index contributed by atoms with van der Waals surface area (Å²) in [5.41, 5.74) is 0. The van der Waals surface area contributed by atoms with Crippen LogP contribution < -0.4 is 0 Å². The Labute approximate surface area is 87.9 Å². The quantitative estimate of drug-likeness (QED) is 0.502. The van der Waals surface area contributed by atoms with E-state index in [1.807, 2.05) is 0 Å². The first kappa shape index (κ1) is 46.6. The molecule has 0 aromatic heterocycles. The van der Waals surface area contributed by atoms with Gasteiger partial charge in [0.15, 0.2) is 0 Å². The standard InChI is InChI=1S/Al.Co.Cr.Ni.W. The summed E-state index contributed by atoms with van der Waals surface area (Å²) in [6.45, 7) is 0. The molecule has 0 heterocycles. The van der Waals surface area contributed by atoms with E-state index in [0.29, 0.717) is 0 Å². The molecular weight excluding hydrogens is 380 g/mol. The van der Waals surface area contributed by atoms with Crippen LogP contribution in [0.3, 0.4) is 0 Å². The summed E-state index contributed by atoms with van der Waals surface area (Å²) >= 11 is 0. The monoisotopic (exact) mass is 380 g/mol. The molecule has 0 bridgehead atoms. The maximum Gasteiger partial charge on any atom is 0 e. The van der Waals surface area contributed by atoms with Gasteiger partial charge in [-0.25, -0.2) is 0 Å². The number of hydrogen-bond acceptors (Lipinski definition) is 0. The third-order valence-corrected chi connectivity index (χ3v) is 0. The minimum absolute atomic E-state index is 0. The molecule has 0 saturated heterocycles. The predicted octanol–water partition coefficient (Wildman–Crippen LogP) is -0.391. The molecule has 0 aliphatic heterocycles. The zero-order chi connectivity index (χ0) is 0. The van der Waals surface area contributed by atoms with Crippen molar-refractivity contribution in [1.29, 1.82) is 0 Å². The second-order valence-electron chi connectivity index (χ2n) is 0. The average molecular weight is 380 g/mol. The second-order valence-corrected chi connectivity index (χ2v) is 0. The van der Waals surface area contributed by atoms with Gasteiger partial charge in [0.1, 0.15) is 0 Å². The minimum Gasteiger partial charge on any atom is 0 e. The zero-order valence-electron chi connectivity index (χ0n) is 2.04. The molecule has 0 aliphatic carbocycles. The minimum atomic E-state index is 0. The van der Waals surface area contributed by atoms with Gasteiger partial charge in [0.05, 0.1) is 0 Å². The average Bonchev–Trinajstić information content (AvgIpc) is 0. The smallest absolute Gasteiger partial charge is 0 e. The number of rotatable bonds is 0. The van der Waals surface area contributed by atoms with Crippen LogP contribution in [0.5, 0.6) is 0 Å². The van der Waals surface area contributed by atoms with Crippen molar-refractivity contribution in [3.05, 3.63) is 0 Å². The van der Waals surface area contributed by atoms with Crippen molar-refractivity contribution >= 4 is 17.4 Å². The van der Waals surface area contributed by atoms with E-state index >= 15 is 0 Å². The Balaban J connectivity index is 0. The van der Waals surface area contributed by atoms with Crippen molar-refractivity contribution < 1.29 is 71.7 Å². The van der Waals surface area contributed by atoms with Gasteiger partial charge in [-0.15, -0.1) is 0 Å². The fourth-order valence-electron chi connectivity index (χ4n) is 0. The summed E-state index contributed by atoms with van der Waals surface area (Å²) in [6.07, 6.45) is 0. The Hall–Kier alpha value is 2.75. The third kappa shape index (κ3) is 20.1. The van der Waals surface area contributed by atoms with E-state index in [2.05, 4.69) is 0 Å². The third-order valence-electron chi connectivity index (χ3n) is 0. The molecule has 0 aromatic carbocycles. The van der Waals surface area contributed by atoms with Crippen LogP contribution >= 0.6 is 0 Å². The summed E-state index contributed by atoms with van der Waals surface area (Å²) in [5, 5.41) is 0. The van der Waals surface area contributed by atoms with Crippen LogP contribution in [-0.2, 0) is 71.7 Å².